The first-order valence-electron chi connectivity index (χ1n) is 6.40. The summed E-state index contributed by atoms with van der Waals surface area (Å²) in [5.41, 5.74) is 0.965. The SMILES string of the molecule is N#Cc1ccc(NC(=O)C(=O)NC[C@H]2CCCO2)cc1. The second kappa shape index (κ2) is 6.68. The Morgan fingerprint density at radius 1 is 1.30 bits per heavy atom. The van der Waals surface area contributed by atoms with Crippen molar-refractivity contribution in [3.8, 4) is 6.07 Å². The van der Waals surface area contributed by atoms with Crippen LogP contribution in [0.2, 0.25) is 0 Å². The number of nitrogens with zero attached hydrogens (tertiary/aromatic N) is 1. The molecule has 1 fully saturated rings. The molecule has 0 saturated carbocycles. The van der Waals surface area contributed by atoms with Crippen LogP contribution in [0.25, 0.3) is 0 Å². The maximum absolute atomic E-state index is 11.6. The lowest BCUT2D eigenvalue weighted by Gasteiger charge is -2.10. The average molecular weight is 273 g/mol. The van der Waals surface area contributed by atoms with E-state index in [-0.39, 0.29) is 6.10 Å². The van der Waals surface area contributed by atoms with Crippen LogP contribution in [0.1, 0.15) is 18.4 Å². The normalized spacial score (nSPS) is 17.2. The highest BCUT2D eigenvalue weighted by atomic mass is 16.5. The molecule has 0 radical (unpaired) electrons. The summed E-state index contributed by atoms with van der Waals surface area (Å²) in [4.78, 5) is 23.2. The Bertz CT molecular complexity index is 528. The molecule has 0 spiro atoms. The molecule has 1 heterocycles. The van der Waals surface area contributed by atoms with Crippen LogP contribution < -0.4 is 10.6 Å². The predicted molar refractivity (Wildman–Crippen MR) is 71.8 cm³/mol. The third-order valence-electron chi connectivity index (χ3n) is 2.99. The van der Waals surface area contributed by atoms with Crippen LogP contribution in [-0.2, 0) is 14.3 Å². The van der Waals surface area contributed by atoms with Gasteiger partial charge in [0.05, 0.1) is 17.7 Å². The third-order valence-corrected chi connectivity index (χ3v) is 2.99. The zero-order valence-electron chi connectivity index (χ0n) is 10.9. The van der Waals surface area contributed by atoms with Gasteiger partial charge in [-0.15, -0.1) is 0 Å². The summed E-state index contributed by atoms with van der Waals surface area (Å²) in [7, 11) is 0. The lowest BCUT2D eigenvalue weighted by Crippen LogP contribution is -2.39. The van der Waals surface area contributed by atoms with Gasteiger partial charge in [-0.25, -0.2) is 0 Å². The lowest BCUT2D eigenvalue weighted by atomic mass is 10.2. The minimum Gasteiger partial charge on any atom is -0.376 e. The van der Waals surface area contributed by atoms with Gasteiger partial charge in [0.25, 0.3) is 0 Å². The van der Waals surface area contributed by atoms with Gasteiger partial charge in [0, 0.05) is 18.8 Å². The molecule has 1 saturated heterocycles. The smallest absolute Gasteiger partial charge is 0.313 e. The van der Waals surface area contributed by atoms with E-state index in [0.717, 1.165) is 12.8 Å². The number of nitriles is 1. The van der Waals surface area contributed by atoms with Crippen molar-refractivity contribution >= 4 is 17.5 Å². The molecule has 1 aliphatic rings. The van der Waals surface area contributed by atoms with E-state index in [1.54, 1.807) is 24.3 Å². The molecule has 2 N–H and O–H groups in total. The minimum atomic E-state index is -0.729. The number of ether oxygens (including phenoxy) is 1. The third kappa shape index (κ3) is 3.80. The highest BCUT2D eigenvalue weighted by Gasteiger charge is 2.19. The van der Waals surface area contributed by atoms with E-state index in [4.69, 9.17) is 10.00 Å². The van der Waals surface area contributed by atoms with Crippen molar-refractivity contribution in [3.63, 3.8) is 0 Å². The van der Waals surface area contributed by atoms with E-state index in [1.807, 2.05) is 6.07 Å². The molecular formula is C14H15N3O3. The zero-order chi connectivity index (χ0) is 14.4. The van der Waals surface area contributed by atoms with E-state index >= 15 is 0 Å². The van der Waals surface area contributed by atoms with E-state index in [2.05, 4.69) is 10.6 Å². The van der Waals surface area contributed by atoms with Crippen LogP contribution >= 0.6 is 0 Å². The molecule has 1 aromatic rings. The molecule has 1 aromatic carbocycles. The second-order valence-corrected chi connectivity index (χ2v) is 4.49. The fraction of sp³-hybridized carbons (Fsp3) is 0.357. The zero-order valence-corrected chi connectivity index (χ0v) is 10.9. The van der Waals surface area contributed by atoms with E-state index in [1.165, 1.54) is 0 Å². The van der Waals surface area contributed by atoms with Crippen molar-refractivity contribution in [2.45, 2.75) is 18.9 Å². The molecule has 0 aliphatic carbocycles. The molecule has 0 unspecified atom stereocenters. The van der Waals surface area contributed by atoms with Crippen LogP contribution in [0, 0.1) is 11.3 Å². The van der Waals surface area contributed by atoms with E-state index in [9.17, 15) is 9.59 Å². The Morgan fingerprint density at radius 2 is 2.05 bits per heavy atom. The van der Waals surface area contributed by atoms with Gasteiger partial charge in [-0.05, 0) is 37.1 Å². The fourth-order valence-electron chi connectivity index (χ4n) is 1.91. The second-order valence-electron chi connectivity index (χ2n) is 4.49. The van der Waals surface area contributed by atoms with Crippen LogP contribution in [0.4, 0.5) is 5.69 Å². The number of rotatable bonds is 3. The Labute approximate surface area is 116 Å². The van der Waals surface area contributed by atoms with Gasteiger partial charge in [-0.1, -0.05) is 0 Å². The Hall–Kier alpha value is -2.39. The first kappa shape index (κ1) is 14.0. The fourth-order valence-corrected chi connectivity index (χ4v) is 1.91. The van der Waals surface area contributed by atoms with Crippen LogP contribution in [0.5, 0.6) is 0 Å². The average Bonchev–Trinajstić information content (AvgIpc) is 2.98. The van der Waals surface area contributed by atoms with Gasteiger partial charge < -0.3 is 15.4 Å². The largest absolute Gasteiger partial charge is 0.376 e. The minimum absolute atomic E-state index is 0.00154. The van der Waals surface area contributed by atoms with Gasteiger partial charge in [0.2, 0.25) is 0 Å². The molecule has 2 amide bonds. The topological polar surface area (TPSA) is 91.2 Å². The van der Waals surface area contributed by atoms with Gasteiger partial charge >= 0.3 is 11.8 Å². The number of benzene rings is 1. The predicted octanol–water partition coefficient (Wildman–Crippen LogP) is 0.792. The molecule has 2 rings (SSSR count). The maximum atomic E-state index is 11.6. The van der Waals surface area contributed by atoms with Crippen molar-refractivity contribution in [1.29, 1.82) is 5.26 Å². The van der Waals surface area contributed by atoms with Crippen molar-refractivity contribution in [2.75, 3.05) is 18.5 Å². The number of carbonyl (C=O) groups excluding carboxylic acids is 2. The molecule has 1 atom stereocenters. The maximum Gasteiger partial charge on any atom is 0.313 e. The van der Waals surface area contributed by atoms with Crippen LogP contribution in [-0.4, -0.2) is 31.1 Å². The molecule has 0 bridgehead atoms. The van der Waals surface area contributed by atoms with Gasteiger partial charge in [-0.3, -0.25) is 9.59 Å². The summed E-state index contributed by atoms with van der Waals surface area (Å²) in [5.74, 6) is -1.42. The van der Waals surface area contributed by atoms with Crippen molar-refractivity contribution < 1.29 is 14.3 Å². The first-order valence-corrected chi connectivity index (χ1v) is 6.40. The quantitative estimate of drug-likeness (QED) is 0.797. The summed E-state index contributed by atoms with van der Waals surface area (Å²) in [6.45, 7) is 1.05. The number of hydrogen-bond acceptors (Lipinski definition) is 4. The van der Waals surface area contributed by atoms with Crippen molar-refractivity contribution in [1.82, 2.24) is 5.32 Å². The van der Waals surface area contributed by atoms with Crippen molar-refractivity contribution in [3.05, 3.63) is 29.8 Å². The van der Waals surface area contributed by atoms with E-state index < -0.39 is 11.8 Å². The standard InChI is InChI=1S/C14H15N3O3/c15-8-10-3-5-11(6-4-10)17-14(19)13(18)16-9-12-2-1-7-20-12/h3-6,12H,1-2,7,9H2,(H,16,18)(H,17,19)/t12-/m1/s1. The number of hydrogen-bond donors (Lipinski definition) is 2. The Kier molecular flexibility index (Phi) is 4.69. The Balaban J connectivity index is 1.80. The molecular weight excluding hydrogens is 258 g/mol. The summed E-state index contributed by atoms with van der Waals surface area (Å²) < 4.78 is 5.35. The van der Waals surface area contributed by atoms with Gasteiger partial charge in [0.1, 0.15) is 0 Å². The number of anilines is 1. The molecule has 1 aliphatic heterocycles. The Morgan fingerprint density at radius 3 is 2.65 bits per heavy atom. The van der Waals surface area contributed by atoms with Gasteiger partial charge in [-0.2, -0.15) is 5.26 Å². The van der Waals surface area contributed by atoms with E-state index in [0.29, 0.717) is 24.4 Å². The highest BCUT2D eigenvalue weighted by molar-refractivity contribution is 6.39. The lowest BCUT2D eigenvalue weighted by molar-refractivity contribution is -0.136. The first-order chi connectivity index (χ1) is 9.69. The molecule has 6 nitrogen and oxygen atoms in total. The molecule has 6 heteroatoms. The molecule has 0 aromatic heterocycles. The van der Waals surface area contributed by atoms with Crippen molar-refractivity contribution in [2.24, 2.45) is 0 Å². The monoisotopic (exact) mass is 273 g/mol. The summed E-state index contributed by atoms with van der Waals surface area (Å²) in [6, 6.07) is 8.26. The number of amides is 2. The van der Waals surface area contributed by atoms with Gasteiger partial charge in [0.15, 0.2) is 0 Å². The molecule has 20 heavy (non-hydrogen) atoms. The number of nitrogens with one attached hydrogen (secondary N) is 2. The van der Waals surface area contributed by atoms with Crippen LogP contribution in [0.3, 0.4) is 0 Å². The summed E-state index contributed by atoms with van der Waals surface area (Å²) in [5, 5.41) is 13.7. The molecule has 104 valence electrons. The summed E-state index contributed by atoms with van der Waals surface area (Å²) in [6.07, 6.45) is 1.89. The summed E-state index contributed by atoms with van der Waals surface area (Å²) >= 11 is 0. The number of carbonyl (C=O) groups is 2. The highest BCUT2D eigenvalue weighted by Crippen LogP contribution is 2.11. The van der Waals surface area contributed by atoms with Crippen LogP contribution in [0.15, 0.2) is 24.3 Å².